The van der Waals surface area contributed by atoms with Crippen LogP contribution in [0.2, 0.25) is 0 Å². The van der Waals surface area contributed by atoms with Crippen molar-refractivity contribution >= 4 is 11.3 Å². The Labute approximate surface area is 115 Å². The third kappa shape index (κ3) is 4.08. The van der Waals surface area contributed by atoms with Gasteiger partial charge in [0.05, 0.1) is 0 Å². The number of nitrogens with one attached hydrogen (secondary N) is 1. The predicted octanol–water partition coefficient (Wildman–Crippen LogP) is 3.19. The van der Waals surface area contributed by atoms with E-state index in [1.165, 1.54) is 10.4 Å². The van der Waals surface area contributed by atoms with Crippen LogP contribution in [0.15, 0.2) is 11.4 Å². The fraction of sp³-hybridized carbons (Fsp3) is 0.733. The number of thiophene rings is 1. The number of aliphatic hydroxyl groups excluding tert-OH is 1. The molecular formula is C15H27NOS. The standard InChI is InChI=1S/C15H27NOS/c1-11(2)13(9-17)8-16-10-15(4,5)14-12(3)6-7-18-14/h6-7,11,13,16-17H,8-10H2,1-5H3. The van der Waals surface area contributed by atoms with E-state index in [1.54, 1.807) is 0 Å². The first kappa shape index (κ1) is 15.7. The van der Waals surface area contributed by atoms with Gasteiger partial charge in [-0.1, -0.05) is 27.7 Å². The Bertz CT molecular complexity index is 357. The second kappa shape index (κ2) is 6.69. The lowest BCUT2D eigenvalue weighted by molar-refractivity contribution is 0.184. The second-order valence-corrected chi connectivity index (χ2v) is 7.05. The Balaban J connectivity index is 2.50. The zero-order valence-electron chi connectivity index (χ0n) is 12.3. The Hall–Kier alpha value is -0.380. The van der Waals surface area contributed by atoms with Crippen LogP contribution in [-0.4, -0.2) is 24.8 Å². The summed E-state index contributed by atoms with van der Waals surface area (Å²) in [6, 6.07) is 2.19. The average Bonchev–Trinajstić information content (AvgIpc) is 2.71. The second-order valence-electron chi connectivity index (χ2n) is 6.13. The lowest BCUT2D eigenvalue weighted by Gasteiger charge is -2.27. The number of hydrogen-bond donors (Lipinski definition) is 2. The van der Waals surface area contributed by atoms with E-state index < -0.39 is 0 Å². The molecule has 0 bridgehead atoms. The molecule has 0 saturated heterocycles. The van der Waals surface area contributed by atoms with Crippen molar-refractivity contribution in [3.63, 3.8) is 0 Å². The summed E-state index contributed by atoms with van der Waals surface area (Å²) < 4.78 is 0. The summed E-state index contributed by atoms with van der Waals surface area (Å²) in [4.78, 5) is 1.46. The van der Waals surface area contributed by atoms with Crippen LogP contribution >= 0.6 is 11.3 Å². The summed E-state index contributed by atoms with van der Waals surface area (Å²) in [5, 5.41) is 15.0. The smallest absolute Gasteiger partial charge is 0.0473 e. The molecule has 3 heteroatoms. The molecule has 0 radical (unpaired) electrons. The minimum absolute atomic E-state index is 0.162. The highest BCUT2D eigenvalue weighted by Crippen LogP contribution is 2.30. The molecule has 2 nitrogen and oxygen atoms in total. The van der Waals surface area contributed by atoms with Crippen LogP contribution in [0.1, 0.15) is 38.1 Å². The molecular weight excluding hydrogens is 242 g/mol. The Morgan fingerprint density at radius 2 is 2.06 bits per heavy atom. The van der Waals surface area contributed by atoms with Gasteiger partial charge in [0.1, 0.15) is 0 Å². The minimum Gasteiger partial charge on any atom is -0.396 e. The van der Waals surface area contributed by atoms with Crippen LogP contribution in [0.3, 0.4) is 0 Å². The zero-order valence-corrected chi connectivity index (χ0v) is 13.1. The lowest BCUT2D eigenvalue weighted by atomic mass is 9.88. The molecule has 1 aromatic heterocycles. The van der Waals surface area contributed by atoms with E-state index in [2.05, 4.69) is 51.4 Å². The highest BCUT2D eigenvalue weighted by molar-refractivity contribution is 7.10. The maximum atomic E-state index is 9.32. The predicted molar refractivity (Wildman–Crippen MR) is 80.4 cm³/mol. The van der Waals surface area contributed by atoms with Crippen LogP contribution in [0, 0.1) is 18.8 Å². The fourth-order valence-corrected chi connectivity index (χ4v) is 3.28. The van der Waals surface area contributed by atoms with Crippen molar-refractivity contribution in [2.45, 2.75) is 40.0 Å². The number of rotatable bonds is 7. The molecule has 0 fully saturated rings. The molecule has 0 spiro atoms. The van der Waals surface area contributed by atoms with Gasteiger partial charge in [-0.2, -0.15) is 0 Å². The van der Waals surface area contributed by atoms with Crippen molar-refractivity contribution in [2.75, 3.05) is 19.7 Å². The number of aryl methyl sites for hydroxylation is 1. The molecule has 0 aromatic carbocycles. The molecule has 104 valence electrons. The summed E-state index contributed by atoms with van der Waals surface area (Å²) in [5.41, 5.74) is 1.55. The number of hydrogen-bond acceptors (Lipinski definition) is 3. The zero-order chi connectivity index (χ0) is 13.8. The van der Waals surface area contributed by atoms with Gasteiger partial charge in [-0.15, -0.1) is 11.3 Å². The molecule has 1 unspecified atom stereocenters. The van der Waals surface area contributed by atoms with E-state index in [-0.39, 0.29) is 12.0 Å². The van der Waals surface area contributed by atoms with Gasteiger partial charge in [0.2, 0.25) is 0 Å². The summed E-state index contributed by atoms with van der Waals surface area (Å²) in [7, 11) is 0. The first-order chi connectivity index (χ1) is 8.38. The van der Waals surface area contributed by atoms with Crippen LogP contribution in [0.5, 0.6) is 0 Å². The van der Waals surface area contributed by atoms with Crippen LogP contribution in [-0.2, 0) is 5.41 Å². The first-order valence-electron chi connectivity index (χ1n) is 6.74. The van der Waals surface area contributed by atoms with E-state index in [0.717, 1.165) is 13.1 Å². The highest BCUT2D eigenvalue weighted by atomic mass is 32.1. The molecule has 0 saturated carbocycles. The maximum Gasteiger partial charge on any atom is 0.0473 e. The third-order valence-corrected chi connectivity index (χ3v) is 5.01. The molecule has 0 amide bonds. The molecule has 2 N–H and O–H groups in total. The molecule has 0 aliphatic heterocycles. The minimum atomic E-state index is 0.162. The third-order valence-electron chi connectivity index (χ3n) is 3.63. The summed E-state index contributed by atoms with van der Waals surface area (Å²) in [5.74, 6) is 0.874. The number of aliphatic hydroxyl groups is 1. The average molecular weight is 269 g/mol. The van der Waals surface area contributed by atoms with Crippen LogP contribution in [0.4, 0.5) is 0 Å². The van der Waals surface area contributed by atoms with E-state index in [0.29, 0.717) is 11.8 Å². The molecule has 0 aliphatic carbocycles. The van der Waals surface area contributed by atoms with E-state index in [1.807, 2.05) is 11.3 Å². The first-order valence-corrected chi connectivity index (χ1v) is 7.62. The van der Waals surface area contributed by atoms with Crippen molar-refractivity contribution in [3.05, 3.63) is 21.9 Å². The van der Waals surface area contributed by atoms with E-state index in [4.69, 9.17) is 0 Å². The van der Waals surface area contributed by atoms with Crippen molar-refractivity contribution in [2.24, 2.45) is 11.8 Å². The normalized spacial score (nSPS) is 14.2. The Morgan fingerprint density at radius 3 is 2.50 bits per heavy atom. The quantitative estimate of drug-likeness (QED) is 0.797. The van der Waals surface area contributed by atoms with Gasteiger partial charge in [-0.3, -0.25) is 0 Å². The van der Waals surface area contributed by atoms with Crippen molar-refractivity contribution in [3.8, 4) is 0 Å². The molecule has 1 aromatic rings. The van der Waals surface area contributed by atoms with Crippen molar-refractivity contribution in [1.82, 2.24) is 5.32 Å². The van der Waals surface area contributed by atoms with Gasteiger partial charge < -0.3 is 10.4 Å². The summed E-state index contributed by atoms with van der Waals surface area (Å²) >= 11 is 1.84. The Kier molecular flexibility index (Phi) is 5.83. The Morgan fingerprint density at radius 1 is 1.39 bits per heavy atom. The molecule has 0 aliphatic rings. The summed E-state index contributed by atoms with van der Waals surface area (Å²) in [6.07, 6.45) is 0. The highest BCUT2D eigenvalue weighted by Gasteiger charge is 2.24. The lowest BCUT2D eigenvalue weighted by Crippen LogP contribution is -2.37. The van der Waals surface area contributed by atoms with Gasteiger partial charge in [0.15, 0.2) is 0 Å². The fourth-order valence-electron chi connectivity index (χ4n) is 2.23. The van der Waals surface area contributed by atoms with Crippen molar-refractivity contribution in [1.29, 1.82) is 0 Å². The topological polar surface area (TPSA) is 32.3 Å². The SMILES string of the molecule is Cc1ccsc1C(C)(C)CNCC(CO)C(C)C. The molecule has 18 heavy (non-hydrogen) atoms. The van der Waals surface area contributed by atoms with Gasteiger partial charge in [-0.05, 0) is 35.8 Å². The van der Waals surface area contributed by atoms with Gasteiger partial charge in [0.25, 0.3) is 0 Å². The van der Waals surface area contributed by atoms with Gasteiger partial charge >= 0.3 is 0 Å². The molecule has 1 rings (SSSR count). The maximum absolute atomic E-state index is 9.32. The van der Waals surface area contributed by atoms with Crippen molar-refractivity contribution < 1.29 is 5.11 Å². The van der Waals surface area contributed by atoms with E-state index in [9.17, 15) is 5.11 Å². The van der Waals surface area contributed by atoms with Crippen LogP contribution < -0.4 is 5.32 Å². The monoisotopic (exact) mass is 269 g/mol. The van der Waals surface area contributed by atoms with E-state index >= 15 is 0 Å². The van der Waals surface area contributed by atoms with Crippen LogP contribution in [0.25, 0.3) is 0 Å². The molecule has 1 heterocycles. The van der Waals surface area contributed by atoms with Gasteiger partial charge in [-0.25, -0.2) is 0 Å². The largest absolute Gasteiger partial charge is 0.396 e. The summed E-state index contributed by atoms with van der Waals surface area (Å²) in [6.45, 7) is 13.2. The van der Waals surface area contributed by atoms with Gasteiger partial charge in [0, 0.05) is 30.0 Å². The molecule has 1 atom stereocenters.